The van der Waals surface area contributed by atoms with Gasteiger partial charge in [-0.2, -0.15) is 0 Å². The van der Waals surface area contributed by atoms with Crippen molar-refractivity contribution in [2.24, 2.45) is 29.6 Å². The summed E-state index contributed by atoms with van der Waals surface area (Å²) in [6, 6.07) is 0. The van der Waals surface area contributed by atoms with Crippen molar-refractivity contribution in [1.29, 1.82) is 0 Å². The number of rotatable bonds is 3. The van der Waals surface area contributed by atoms with Gasteiger partial charge in [0.05, 0.1) is 0 Å². The molecule has 0 N–H and O–H groups in total. The molecule has 0 bridgehead atoms. The van der Waals surface area contributed by atoms with Crippen LogP contribution in [0.2, 0.25) is 0 Å². The lowest BCUT2D eigenvalue weighted by Gasteiger charge is -2.43. The minimum Gasteiger partial charge on any atom is -0.247 e. The maximum absolute atomic E-state index is 14.9. The van der Waals surface area contributed by atoms with Crippen molar-refractivity contribution in [2.75, 3.05) is 0 Å². The van der Waals surface area contributed by atoms with Crippen molar-refractivity contribution >= 4 is 11.6 Å². The summed E-state index contributed by atoms with van der Waals surface area (Å²) < 4.78 is 29.1. The summed E-state index contributed by atoms with van der Waals surface area (Å²) in [4.78, 5) is 0. The van der Waals surface area contributed by atoms with Crippen LogP contribution in [0.5, 0.6) is 0 Å². The molecule has 0 nitrogen and oxygen atoms in total. The Balaban J connectivity index is 1.51. The Kier molecular flexibility index (Phi) is 6.26. The lowest BCUT2D eigenvalue weighted by Crippen LogP contribution is -2.38. The highest BCUT2D eigenvalue weighted by Gasteiger charge is 2.41. The summed E-state index contributed by atoms with van der Waals surface area (Å²) in [5, 5.41) is 0.346. The minimum atomic E-state index is -0.696. The molecule has 3 heteroatoms. The summed E-state index contributed by atoms with van der Waals surface area (Å²) >= 11 is 6.20. The van der Waals surface area contributed by atoms with E-state index in [-0.39, 0.29) is 11.8 Å². The van der Waals surface area contributed by atoms with Crippen LogP contribution in [0.4, 0.5) is 8.78 Å². The van der Waals surface area contributed by atoms with Gasteiger partial charge >= 0.3 is 0 Å². The first kappa shape index (κ1) is 18.0. The van der Waals surface area contributed by atoms with Crippen molar-refractivity contribution in [3.05, 3.63) is 0 Å². The van der Waals surface area contributed by atoms with Crippen LogP contribution in [0.25, 0.3) is 0 Å². The molecule has 0 aromatic carbocycles. The molecule has 3 saturated carbocycles. The molecule has 3 fully saturated rings. The maximum atomic E-state index is 14.9. The summed E-state index contributed by atoms with van der Waals surface area (Å²) in [6.45, 7) is 2.08. The summed E-state index contributed by atoms with van der Waals surface area (Å²) in [6.07, 6.45) is 9.63. The Morgan fingerprint density at radius 3 is 1.96 bits per heavy atom. The van der Waals surface area contributed by atoms with Gasteiger partial charge in [-0.25, -0.2) is 8.78 Å². The third kappa shape index (κ3) is 4.22. The van der Waals surface area contributed by atoms with E-state index in [1.807, 2.05) is 0 Å². The Morgan fingerprint density at radius 1 is 0.739 bits per heavy atom. The fourth-order valence-corrected chi connectivity index (χ4v) is 5.99. The van der Waals surface area contributed by atoms with Crippen LogP contribution in [0.3, 0.4) is 0 Å². The molecule has 6 atom stereocenters. The van der Waals surface area contributed by atoms with Crippen LogP contribution in [-0.2, 0) is 0 Å². The summed E-state index contributed by atoms with van der Waals surface area (Å²) in [7, 11) is 0. The molecule has 0 aromatic rings. The molecule has 3 aliphatic carbocycles. The number of hydrogen-bond donors (Lipinski definition) is 0. The Bertz CT molecular complexity index is 367. The van der Waals surface area contributed by atoms with Gasteiger partial charge in [0.25, 0.3) is 0 Å². The molecule has 6 unspecified atom stereocenters. The molecule has 0 aliphatic heterocycles. The Hall–Kier alpha value is 0.150. The quantitative estimate of drug-likeness (QED) is 0.498. The van der Waals surface area contributed by atoms with Crippen LogP contribution in [-0.4, -0.2) is 17.7 Å². The van der Waals surface area contributed by atoms with E-state index < -0.39 is 12.3 Å². The SMILES string of the molecule is CCC1CCC(C2CCC(C3CCC(Cl)CC3)CC2F)CC1F. The third-order valence-corrected chi connectivity index (χ3v) is 7.75. The summed E-state index contributed by atoms with van der Waals surface area (Å²) in [5.74, 6) is 1.90. The van der Waals surface area contributed by atoms with Crippen molar-refractivity contribution in [2.45, 2.75) is 95.3 Å². The standard InChI is InChI=1S/C20H33ClF2/c1-2-13-3-4-16(12-19(13)22)18-10-7-15(11-20(18)23)14-5-8-17(21)9-6-14/h13-20H,2-12H2,1H3. The average Bonchev–Trinajstić information content (AvgIpc) is 2.55. The normalized spacial score (nSPS) is 49.0. The van der Waals surface area contributed by atoms with Gasteiger partial charge < -0.3 is 0 Å². The zero-order chi connectivity index (χ0) is 16.4. The molecule has 134 valence electrons. The molecule has 0 amide bonds. The van der Waals surface area contributed by atoms with Gasteiger partial charge in [0.15, 0.2) is 0 Å². The molecular formula is C20H33ClF2. The third-order valence-electron chi connectivity index (χ3n) is 7.31. The number of hydrogen-bond acceptors (Lipinski definition) is 0. The Morgan fingerprint density at radius 2 is 1.35 bits per heavy atom. The second-order valence-electron chi connectivity index (χ2n) is 8.52. The highest BCUT2D eigenvalue weighted by atomic mass is 35.5. The van der Waals surface area contributed by atoms with Crippen LogP contribution in [0.15, 0.2) is 0 Å². The molecule has 0 radical (unpaired) electrons. The van der Waals surface area contributed by atoms with E-state index in [4.69, 9.17) is 11.6 Å². The van der Waals surface area contributed by atoms with Gasteiger partial charge in [0.2, 0.25) is 0 Å². The second-order valence-corrected chi connectivity index (χ2v) is 9.14. The van der Waals surface area contributed by atoms with Gasteiger partial charge in [0, 0.05) is 5.38 Å². The molecule has 23 heavy (non-hydrogen) atoms. The fourth-order valence-electron chi connectivity index (χ4n) is 5.74. The van der Waals surface area contributed by atoms with Gasteiger partial charge in [0.1, 0.15) is 12.3 Å². The smallest absolute Gasteiger partial charge is 0.103 e. The van der Waals surface area contributed by atoms with Gasteiger partial charge in [-0.3, -0.25) is 0 Å². The van der Waals surface area contributed by atoms with E-state index in [0.29, 0.717) is 29.6 Å². The van der Waals surface area contributed by atoms with E-state index in [1.54, 1.807) is 0 Å². The first-order valence-electron chi connectivity index (χ1n) is 10.0. The first-order chi connectivity index (χ1) is 11.1. The zero-order valence-corrected chi connectivity index (χ0v) is 15.3. The van der Waals surface area contributed by atoms with Crippen molar-refractivity contribution < 1.29 is 8.78 Å². The van der Waals surface area contributed by atoms with Gasteiger partial charge in [-0.05, 0) is 93.8 Å². The highest BCUT2D eigenvalue weighted by molar-refractivity contribution is 6.20. The molecule has 0 saturated heterocycles. The zero-order valence-electron chi connectivity index (χ0n) is 14.5. The monoisotopic (exact) mass is 346 g/mol. The predicted molar refractivity (Wildman–Crippen MR) is 93.3 cm³/mol. The second kappa shape index (κ2) is 8.02. The van der Waals surface area contributed by atoms with Gasteiger partial charge in [-0.1, -0.05) is 13.3 Å². The average molecular weight is 347 g/mol. The molecule has 0 aromatic heterocycles. The van der Waals surface area contributed by atoms with Crippen LogP contribution in [0, 0.1) is 29.6 Å². The predicted octanol–water partition coefficient (Wildman–Crippen LogP) is 6.70. The molecule has 3 rings (SSSR count). The summed E-state index contributed by atoms with van der Waals surface area (Å²) in [5.41, 5.74) is 0. The topological polar surface area (TPSA) is 0 Å². The van der Waals surface area contributed by atoms with Crippen molar-refractivity contribution in [3.63, 3.8) is 0 Å². The lowest BCUT2D eigenvalue weighted by atomic mass is 9.64. The molecular weight excluding hydrogens is 314 g/mol. The van der Waals surface area contributed by atoms with E-state index >= 15 is 0 Å². The Labute approximate surface area is 145 Å². The van der Waals surface area contributed by atoms with Crippen LogP contribution < -0.4 is 0 Å². The van der Waals surface area contributed by atoms with E-state index in [2.05, 4.69) is 6.92 Å². The largest absolute Gasteiger partial charge is 0.247 e. The molecule has 3 aliphatic rings. The van der Waals surface area contributed by atoms with Gasteiger partial charge in [-0.15, -0.1) is 11.6 Å². The number of halogens is 3. The lowest BCUT2D eigenvalue weighted by molar-refractivity contribution is 0.0152. The van der Waals surface area contributed by atoms with E-state index in [1.165, 1.54) is 12.8 Å². The van der Waals surface area contributed by atoms with Crippen molar-refractivity contribution in [3.8, 4) is 0 Å². The highest BCUT2D eigenvalue weighted by Crippen LogP contribution is 2.47. The van der Waals surface area contributed by atoms with E-state index in [9.17, 15) is 8.78 Å². The molecule has 0 heterocycles. The van der Waals surface area contributed by atoms with Crippen LogP contribution in [0.1, 0.15) is 77.6 Å². The minimum absolute atomic E-state index is 0.131. The number of alkyl halides is 3. The fraction of sp³-hybridized carbons (Fsp3) is 1.00. The maximum Gasteiger partial charge on any atom is 0.103 e. The first-order valence-corrected chi connectivity index (χ1v) is 10.4. The van der Waals surface area contributed by atoms with Crippen molar-refractivity contribution in [1.82, 2.24) is 0 Å². The molecule has 0 spiro atoms. The van der Waals surface area contributed by atoms with Crippen LogP contribution >= 0.6 is 11.6 Å². The van der Waals surface area contributed by atoms with E-state index in [0.717, 1.165) is 51.4 Å².